The summed E-state index contributed by atoms with van der Waals surface area (Å²) in [6.07, 6.45) is 3.05. The smallest absolute Gasteiger partial charge is 0.219 e. The van der Waals surface area contributed by atoms with E-state index in [2.05, 4.69) is 41.9 Å². The average molecular weight is 408 g/mol. The number of nitrogens with one attached hydrogen (secondary N) is 1. The second-order valence-corrected chi connectivity index (χ2v) is 7.91. The number of carbonyl (C=O) groups is 1. The van der Waals surface area contributed by atoms with Crippen molar-refractivity contribution in [3.63, 3.8) is 0 Å². The zero-order chi connectivity index (χ0) is 21.3. The molecule has 0 bridgehead atoms. The molecular weight excluding hydrogens is 374 g/mol. The molecule has 0 aliphatic carbocycles. The molecule has 1 aromatic heterocycles. The molecule has 5 heteroatoms. The Balaban J connectivity index is 1.62. The summed E-state index contributed by atoms with van der Waals surface area (Å²) in [5.41, 5.74) is 3.38. The molecule has 0 saturated heterocycles. The number of rotatable bonds is 11. The van der Waals surface area contributed by atoms with Crippen molar-refractivity contribution in [2.45, 2.75) is 58.9 Å². The third kappa shape index (κ3) is 5.62. The van der Waals surface area contributed by atoms with E-state index in [1.165, 1.54) is 5.56 Å². The molecule has 0 unspecified atom stereocenters. The van der Waals surface area contributed by atoms with Crippen LogP contribution in [0.2, 0.25) is 0 Å². The van der Waals surface area contributed by atoms with E-state index in [0.29, 0.717) is 25.5 Å². The quantitative estimate of drug-likeness (QED) is 0.451. The first kappa shape index (κ1) is 21.9. The lowest BCUT2D eigenvalue weighted by atomic mass is 10.0. The van der Waals surface area contributed by atoms with E-state index in [0.717, 1.165) is 48.4 Å². The average Bonchev–Trinajstić information content (AvgIpc) is 3.09. The fourth-order valence-corrected chi connectivity index (χ4v) is 3.69. The van der Waals surface area contributed by atoms with Gasteiger partial charge in [-0.05, 0) is 42.5 Å². The topological polar surface area (TPSA) is 56.2 Å². The minimum Gasteiger partial charge on any atom is -0.493 e. The molecule has 0 aliphatic rings. The van der Waals surface area contributed by atoms with Crippen molar-refractivity contribution < 1.29 is 9.53 Å². The molecular formula is C25H33N3O2. The Labute approximate surface area is 179 Å². The Morgan fingerprint density at radius 1 is 1.13 bits per heavy atom. The predicted molar refractivity (Wildman–Crippen MR) is 122 cm³/mol. The van der Waals surface area contributed by atoms with Crippen LogP contribution in [0.15, 0.2) is 48.5 Å². The molecule has 3 aromatic rings. The summed E-state index contributed by atoms with van der Waals surface area (Å²) in [6.45, 7) is 8.49. The van der Waals surface area contributed by atoms with Crippen LogP contribution in [0.25, 0.3) is 11.0 Å². The number of amides is 1. The molecule has 160 valence electrons. The van der Waals surface area contributed by atoms with Gasteiger partial charge in [0.05, 0.1) is 17.6 Å². The highest BCUT2D eigenvalue weighted by Gasteiger charge is 2.11. The Hall–Kier alpha value is -2.82. The van der Waals surface area contributed by atoms with Crippen LogP contribution in [0.5, 0.6) is 5.75 Å². The minimum atomic E-state index is 0.109. The Morgan fingerprint density at radius 3 is 2.70 bits per heavy atom. The zero-order valence-corrected chi connectivity index (χ0v) is 18.4. The third-order valence-electron chi connectivity index (χ3n) is 5.21. The van der Waals surface area contributed by atoms with Crippen LogP contribution in [0, 0.1) is 0 Å². The van der Waals surface area contributed by atoms with Crippen molar-refractivity contribution in [2.24, 2.45) is 0 Å². The predicted octanol–water partition coefficient (Wildman–Crippen LogP) is 5.09. The number of aryl methyl sites for hydroxylation is 1. The van der Waals surface area contributed by atoms with Crippen molar-refractivity contribution >= 4 is 16.9 Å². The SMILES string of the molecule is CCCC(=O)NCCc1nc2ccccc2n1CCCOc1ccccc1C(C)C. The fraction of sp³-hybridized carbons (Fsp3) is 0.440. The van der Waals surface area contributed by atoms with Crippen LogP contribution < -0.4 is 10.1 Å². The normalized spacial score (nSPS) is 11.2. The molecule has 0 atom stereocenters. The van der Waals surface area contributed by atoms with Crippen LogP contribution in [-0.4, -0.2) is 28.6 Å². The first-order valence-electron chi connectivity index (χ1n) is 11.0. The van der Waals surface area contributed by atoms with Gasteiger partial charge in [0.2, 0.25) is 5.91 Å². The van der Waals surface area contributed by atoms with Gasteiger partial charge in [0.1, 0.15) is 11.6 Å². The molecule has 2 aromatic carbocycles. The first-order chi connectivity index (χ1) is 14.6. The summed E-state index contributed by atoms with van der Waals surface area (Å²) in [7, 11) is 0. The van der Waals surface area contributed by atoms with E-state index in [9.17, 15) is 4.79 Å². The number of nitrogens with zero attached hydrogens (tertiary/aromatic N) is 2. The molecule has 0 fully saturated rings. The van der Waals surface area contributed by atoms with Crippen molar-refractivity contribution in [3.05, 3.63) is 59.9 Å². The number of fused-ring (bicyclic) bond motifs is 1. The number of benzene rings is 2. The van der Waals surface area contributed by atoms with E-state index in [-0.39, 0.29) is 5.91 Å². The van der Waals surface area contributed by atoms with E-state index >= 15 is 0 Å². The molecule has 0 spiro atoms. The minimum absolute atomic E-state index is 0.109. The second kappa shape index (κ2) is 10.8. The maximum atomic E-state index is 11.8. The molecule has 1 heterocycles. The van der Waals surface area contributed by atoms with Gasteiger partial charge in [-0.1, -0.05) is 51.1 Å². The lowest BCUT2D eigenvalue weighted by Crippen LogP contribution is -2.26. The van der Waals surface area contributed by atoms with Gasteiger partial charge in [0.25, 0.3) is 0 Å². The number of imidazole rings is 1. The number of ether oxygens (including phenoxy) is 1. The van der Waals surface area contributed by atoms with E-state index in [1.807, 2.05) is 37.3 Å². The Bertz CT molecular complexity index is 962. The standard InChI is InChI=1S/C25H33N3O2/c1-4-10-25(29)26-16-15-24-27-21-12-6-7-13-22(21)28(24)17-9-18-30-23-14-8-5-11-20(23)19(2)3/h5-8,11-14,19H,4,9-10,15-18H2,1-3H3,(H,26,29). The molecule has 30 heavy (non-hydrogen) atoms. The molecule has 0 aliphatic heterocycles. The zero-order valence-electron chi connectivity index (χ0n) is 18.4. The van der Waals surface area contributed by atoms with Crippen molar-refractivity contribution in [3.8, 4) is 5.75 Å². The monoisotopic (exact) mass is 407 g/mol. The van der Waals surface area contributed by atoms with Crippen LogP contribution >= 0.6 is 0 Å². The molecule has 0 radical (unpaired) electrons. The van der Waals surface area contributed by atoms with Gasteiger partial charge >= 0.3 is 0 Å². The van der Waals surface area contributed by atoms with Gasteiger partial charge < -0.3 is 14.6 Å². The van der Waals surface area contributed by atoms with E-state index in [1.54, 1.807) is 0 Å². The molecule has 1 amide bonds. The maximum absolute atomic E-state index is 11.8. The highest BCUT2D eigenvalue weighted by Crippen LogP contribution is 2.26. The highest BCUT2D eigenvalue weighted by molar-refractivity contribution is 5.76. The molecule has 1 N–H and O–H groups in total. The molecule has 3 rings (SSSR count). The Kier molecular flexibility index (Phi) is 7.89. The summed E-state index contributed by atoms with van der Waals surface area (Å²) >= 11 is 0. The number of para-hydroxylation sites is 3. The van der Waals surface area contributed by atoms with Gasteiger partial charge in [-0.25, -0.2) is 4.98 Å². The third-order valence-corrected chi connectivity index (χ3v) is 5.21. The van der Waals surface area contributed by atoms with Gasteiger partial charge in [0.15, 0.2) is 0 Å². The number of hydrogen-bond acceptors (Lipinski definition) is 3. The Morgan fingerprint density at radius 2 is 1.90 bits per heavy atom. The summed E-state index contributed by atoms with van der Waals surface area (Å²) in [5, 5.41) is 2.99. The first-order valence-corrected chi connectivity index (χ1v) is 11.0. The largest absolute Gasteiger partial charge is 0.493 e. The number of carbonyl (C=O) groups excluding carboxylic acids is 1. The van der Waals surface area contributed by atoms with Crippen LogP contribution in [0.4, 0.5) is 0 Å². The number of hydrogen-bond donors (Lipinski definition) is 1. The highest BCUT2D eigenvalue weighted by atomic mass is 16.5. The van der Waals surface area contributed by atoms with Crippen molar-refractivity contribution in [1.82, 2.24) is 14.9 Å². The number of aromatic nitrogens is 2. The summed E-state index contributed by atoms with van der Waals surface area (Å²) in [6, 6.07) is 16.5. The van der Waals surface area contributed by atoms with Gasteiger partial charge in [-0.2, -0.15) is 0 Å². The molecule has 0 saturated carbocycles. The van der Waals surface area contributed by atoms with Gasteiger partial charge in [-0.15, -0.1) is 0 Å². The van der Waals surface area contributed by atoms with Crippen LogP contribution in [-0.2, 0) is 17.8 Å². The van der Waals surface area contributed by atoms with Gasteiger partial charge in [-0.3, -0.25) is 4.79 Å². The van der Waals surface area contributed by atoms with E-state index < -0.39 is 0 Å². The lowest BCUT2D eigenvalue weighted by molar-refractivity contribution is -0.121. The summed E-state index contributed by atoms with van der Waals surface area (Å²) in [5.74, 6) is 2.53. The second-order valence-electron chi connectivity index (χ2n) is 7.91. The maximum Gasteiger partial charge on any atom is 0.219 e. The lowest BCUT2D eigenvalue weighted by Gasteiger charge is -2.14. The van der Waals surface area contributed by atoms with Crippen molar-refractivity contribution in [1.29, 1.82) is 0 Å². The summed E-state index contributed by atoms with van der Waals surface area (Å²) in [4.78, 5) is 16.6. The molecule has 5 nitrogen and oxygen atoms in total. The summed E-state index contributed by atoms with van der Waals surface area (Å²) < 4.78 is 8.36. The fourth-order valence-electron chi connectivity index (χ4n) is 3.69. The van der Waals surface area contributed by atoms with Gasteiger partial charge in [0, 0.05) is 25.9 Å². The van der Waals surface area contributed by atoms with E-state index in [4.69, 9.17) is 9.72 Å². The van der Waals surface area contributed by atoms with Crippen molar-refractivity contribution in [2.75, 3.05) is 13.2 Å². The van der Waals surface area contributed by atoms with Crippen LogP contribution in [0.3, 0.4) is 0 Å². The van der Waals surface area contributed by atoms with Crippen LogP contribution in [0.1, 0.15) is 57.3 Å².